The van der Waals surface area contributed by atoms with E-state index in [2.05, 4.69) is 47.6 Å². The molecule has 4 aromatic rings. The fraction of sp³-hybridized carbons (Fsp3) is 0.333. The zero-order valence-corrected chi connectivity index (χ0v) is 39.5. The molecular weight excluding hydrogens is 973 g/mol. The van der Waals surface area contributed by atoms with Gasteiger partial charge in [-0.05, 0) is 78.3 Å². The first-order chi connectivity index (χ1) is 35.2. The Balaban J connectivity index is 1.37. The lowest BCUT2D eigenvalue weighted by molar-refractivity contribution is -0.142. The zero-order chi connectivity index (χ0) is 54.3. The van der Waals surface area contributed by atoms with Crippen molar-refractivity contribution in [1.82, 2.24) is 42.2 Å². The molecule has 0 aliphatic rings. The number of aliphatic carboxylic acids is 5. The molecule has 0 saturated carbocycles. The molecule has 26 nitrogen and oxygen atoms in total. The van der Waals surface area contributed by atoms with Gasteiger partial charge in [0.1, 0.15) is 36.0 Å². The quantitative estimate of drug-likeness (QED) is 0.0192. The van der Waals surface area contributed by atoms with Crippen molar-refractivity contribution in [3.63, 3.8) is 0 Å². The molecule has 394 valence electrons. The molecule has 0 spiro atoms. The molecule has 5 atom stereocenters. The lowest BCUT2D eigenvalue weighted by atomic mass is 10.0. The summed E-state index contributed by atoms with van der Waals surface area (Å²) >= 11 is 0. The van der Waals surface area contributed by atoms with Gasteiger partial charge in [0, 0.05) is 44.1 Å². The van der Waals surface area contributed by atoms with Crippen LogP contribution in [0.15, 0.2) is 85.1 Å². The van der Waals surface area contributed by atoms with Crippen LogP contribution < -0.4 is 48.5 Å². The topological polar surface area (TPSA) is 424 Å². The second kappa shape index (κ2) is 28.6. The highest BCUT2D eigenvalue weighted by molar-refractivity contribution is 5.99. The number of carbonyl (C=O) groups excluding carboxylic acids is 6. The van der Waals surface area contributed by atoms with Gasteiger partial charge in [0.05, 0.1) is 12.0 Å². The fourth-order valence-corrected chi connectivity index (χ4v) is 7.14. The average Bonchev–Trinajstić information content (AvgIpc) is 3.36. The van der Waals surface area contributed by atoms with E-state index in [0.717, 1.165) is 17.0 Å². The van der Waals surface area contributed by atoms with E-state index in [1.165, 1.54) is 36.4 Å². The number of hydrazine groups is 1. The van der Waals surface area contributed by atoms with Crippen LogP contribution in [0.25, 0.3) is 10.8 Å². The van der Waals surface area contributed by atoms with Gasteiger partial charge < -0.3 is 68.2 Å². The third-order valence-electron chi connectivity index (χ3n) is 11.1. The number of carbonyl (C=O) groups is 11. The Morgan fingerprint density at radius 2 is 1.08 bits per heavy atom. The molecule has 26 heteroatoms. The Morgan fingerprint density at radius 3 is 1.68 bits per heavy atom. The van der Waals surface area contributed by atoms with Gasteiger partial charge >= 0.3 is 35.9 Å². The number of amides is 7. The van der Waals surface area contributed by atoms with Crippen molar-refractivity contribution in [3.8, 4) is 0 Å². The van der Waals surface area contributed by atoms with Crippen molar-refractivity contribution in [2.24, 2.45) is 5.84 Å². The SMILES string of the molecule is NNc1ccc(C(=O)NC(CCC(=O)O)C(=O)NC(CC(=O)O)C(=O)NCc2ccc(C(=O)NC(Cc3ccc4ccccc4c3)C(=O)NCCCCC(NC(=O)NC(CCC(=O)O)C(=O)O)C(=O)O)cc2)cn1. The fourth-order valence-electron chi connectivity index (χ4n) is 7.14. The van der Waals surface area contributed by atoms with Gasteiger partial charge in [-0.2, -0.15) is 0 Å². The van der Waals surface area contributed by atoms with Crippen LogP contribution in [-0.2, 0) is 51.3 Å². The number of fused-ring (bicyclic) bond motifs is 1. The van der Waals surface area contributed by atoms with Crippen molar-refractivity contribution >= 4 is 82.0 Å². The molecular formula is C48H56N10O16. The number of unbranched alkanes of at least 4 members (excludes halogenated alkanes) is 1. The predicted octanol–water partition coefficient (Wildman–Crippen LogP) is 0.458. The number of aromatic nitrogens is 1. The molecule has 0 bridgehead atoms. The van der Waals surface area contributed by atoms with Crippen LogP contribution in [0.1, 0.15) is 83.2 Å². The number of rotatable bonds is 30. The van der Waals surface area contributed by atoms with Gasteiger partial charge in [0.2, 0.25) is 17.7 Å². The number of nitrogens with two attached hydrogens (primary N) is 1. The molecule has 0 aliphatic heterocycles. The van der Waals surface area contributed by atoms with E-state index < -0.39 is 128 Å². The summed E-state index contributed by atoms with van der Waals surface area (Å²) < 4.78 is 0. The Hall–Kier alpha value is -9.20. The molecule has 1 aromatic heterocycles. The normalized spacial score (nSPS) is 12.8. The third-order valence-corrected chi connectivity index (χ3v) is 11.1. The van der Waals surface area contributed by atoms with Crippen molar-refractivity contribution in [1.29, 1.82) is 0 Å². The zero-order valence-electron chi connectivity index (χ0n) is 39.5. The summed E-state index contributed by atoms with van der Waals surface area (Å²) in [6, 6.07) is 13.1. The summed E-state index contributed by atoms with van der Waals surface area (Å²) in [5.74, 6) is -5.48. The largest absolute Gasteiger partial charge is 0.481 e. The van der Waals surface area contributed by atoms with E-state index in [1.54, 1.807) is 6.07 Å². The number of carboxylic acids is 5. The Kier molecular flexibility index (Phi) is 22.2. The molecule has 74 heavy (non-hydrogen) atoms. The highest BCUT2D eigenvalue weighted by Gasteiger charge is 2.30. The second-order valence-electron chi connectivity index (χ2n) is 16.6. The number of anilines is 1. The molecule has 4 rings (SSSR count). The first-order valence-corrected chi connectivity index (χ1v) is 22.9. The number of nitrogen functional groups attached to an aromatic ring is 1. The van der Waals surface area contributed by atoms with Crippen LogP contribution in [0.5, 0.6) is 0 Å². The first kappa shape index (κ1) is 57.4. The average molecular weight is 1030 g/mol. The lowest BCUT2D eigenvalue weighted by Gasteiger charge is -2.22. The molecule has 15 N–H and O–H groups in total. The van der Waals surface area contributed by atoms with Gasteiger partial charge in [0.15, 0.2) is 0 Å². The maximum atomic E-state index is 13.7. The summed E-state index contributed by atoms with van der Waals surface area (Å²) in [7, 11) is 0. The van der Waals surface area contributed by atoms with Crippen molar-refractivity contribution in [3.05, 3.63) is 107 Å². The predicted molar refractivity (Wildman–Crippen MR) is 260 cm³/mol. The maximum absolute atomic E-state index is 13.7. The molecule has 1 heterocycles. The molecule has 5 unspecified atom stereocenters. The summed E-state index contributed by atoms with van der Waals surface area (Å²) in [4.78, 5) is 140. The van der Waals surface area contributed by atoms with Crippen LogP contribution in [0.4, 0.5) is 10.6 Å². The second-order valence-corrected chi connectivity index (χ2v) is 16.6. The molecule has 7 amide bonds. The summed E-state index contributed by atoms with van der Waals surface area (Å²) in [5, 5.41) is 65.3. The van der Waals surface area contributed by atoms with E-state index in [-0.39, 0.29) is 55.7 Å². The molecule has 0 saturated heterocycles. The smallest absolute Gasteiger partial charge is 0.326 e. The van der Waals surface area contributed by atoms with Gasteiger partial charge in [-0.25, -0.2) is 25.2 Å². The highest BCUT2D eigenvalue weighted by Crippen LogP contribution is 2.18. The monoisotopic (exact) mass is 1030 g/mol. The number of nitrogens with zero attached hydrogens (tertiary/aromatic N) is 1. The minimum absolute atomic E-state index is 0.0149. The van der Waals surface area contributed by atoms with Gasteiger partial charge in [-0.15, -0.1) is 0 Å². The van der Waals surface area contributed by atoms with E-state index in [0.29, 0.717) is 11.1 Å². The third kappa shape index (κ3) is 19.2. The maximum Gasteiger partial charge on any atom is 0.326 e. The van der Waals surface area contributed by atoms with Crippen molar-refractivity contribution in [2.75, 3.05) is 12.0 Å². The van der Waals surface area contributed by atoms with Crippen LogP contribution in [0.2, 0.25) is 0 Å². The molecule has 0 fully saturated rings. The number of hydrogen-bond acceptors (Lipinski definition) is 14. The molecule has 0 aliphatic carbocycles. The Bertz CT molecular complexity index is 2690. The summed E-state index contributed by atoms with van der Waals surface area (Å²) in [6.07, 6.45) is -1.40. The summed E-state index contributed by atoms with van der Waals surface area (Å²) in [6.45, 7) is -0.187. The van der Waals surface area contributed by atoms with Crippen LogP contribution >= 0.6 is 0 Å². The van der Waals surface area contributed by atoms with Gasteiger partial charge in [-0.1, -0.05) is 54.6 Å². The lowest BCUT2D eigenvalue weighted by Crippen LogP contribution is -2.54. The summed E-state index contributed by atoms with van der Waals surface area (Å²) in [5.41, 5.74) is 3.51. The van der Waals surface area contributed by atoms with E-state index in [4.69, 9.17) is 10.9 Å². The van der Waals surface area contributed by atoms with Gasteiger partial charge in [0.25, 0.3) is 11.8 Å². The van der Waals surface area contributed by atoms with E-state index in [1.807, 2.05) is 36.4 Å². The first-order valence-electron chi connectivity index (χ1n) is 22.9. The number of carboxylic acid groups (broad SMARTS) is 5. The molecule has 3 aromatic carbocycles. The van der Waals surface area contributed by atoms with Gasteiger partial charge in [-0.3, -0.25) is 38.4 Å². The number of urea groups is 1. The van der Waals surface area contributed by atoms with Crippen LogP contribution in [-0.4, -0.2) is 133 Å². The van der Waals surface area contributed by atoms with Crippen molar-refractivity contribution in [2.45, 2.75) is 94.5 Å². The minimum atomic E-state index is -1.67. The molecule has 0 radical (unpaired) electrons. The Labute approximate surface area is 421 Å². The van der Waals surface area contributed by atoms with Crippen molar-refractivity contribution < 1.29 is 78.3 Å². The number of pyridine rings is 1. The van der Waals surface area contributed by atoms with E-state index >= 15 is 0 Å². The minimum Gasteiger partial charge on any atom is -0.481 e. The highest BCUT2D eigenvalue weighted by atomic mass is 16.4. The number of hydrogen-bond donors (Lipinski definition) is 14. The standard InChI is InChI=1S/C48H56N10O16/c49-58-37-17-14-31(25-51-37)42(66)53-32(15-18-38(59)60)45(69)55-36(23-40(63)64)44(68)52-24-26-8-12-29(13-9-26)41(65)54-35(22-27-10-11-28-5-1-2-6-30(28)21-27)43(67)50-20-4-3-7-33(46(70)71)56-48(74)57-34(47(72)73)16-19-39(61)62/h1-2,5-6,8-14,17,21,25,32-36H,3-4,7,15-16,18-20,22-24,49H2,(H,50,67)(H,51,58)(H,52,68)(H,53,66)(H,54,65)(H,55,69)(H,59,60)(H,61,62)(H,63,64)(H,70,71)(H,72,73)(H2,56,57,74). The van der Waals surface area contributed by atoms with Crippen LogP contribution in [0.3, 0.4) is 0 Å². The van der Waals surface area contributed by atoms with E-state index in [9.17, 15) is 73.2 Å². The number of benzene rings is 3. The number of nitrogens with one attached hydrogen (secondary N) is 8. The van der Waals surface area contributed by atoms with Crippen LogP contribution in [0, 0.1) is 0 Å². The Morgan fingerprint density at radius 1 is 0.514 bits per heavy atom.